The van der Waals surface area contributed by atoms with Crippen molar-refractivity contribution in [1.29, 1.82) is 0 Å². The van der Waals surface area contributed by atoms with Gasteiger partial charge in [-0.25, -0.2) is 9.59 Å². The third-order valence-corrected chi connectivity index (χ3v) is 3.30. The number of hydrogen-bond acceptors (Lipinski definition) is 4. The van der Waals surface area contributed by atoms with Crippen LogP contribution in [0, 0.1) is 5.92 Å². The molecule has 0 spiro atoms. The second-order valence-electron chi connectivity index (χ2n) is 6.25. The van der Waals surface area contributed by atoms with Crippen molar-refractivity contribution < 1.29 is 19.1 Å². The van der Waals surface area contributed by atoms with Gasteiger partial charge in [0.1, 0.15) is 17.7 Å². The fourth-order valence-electron chi connectivity index (χ4n) is 2.33. The summed E-state index contributed by atoms with van der Waals surface area (Å²) in [6.07, 6.45) is -0.955. The Hall–Kier alpha value is -2.04. The topological polar surface area (TPSA) is 64.6 Å². The molecule has 1 heterocycles. The maximum atomic E-state index is 12.0. The lowest BCUT2D eigenvalue weighted by Gasteiger charge is -2.22. The van der Waals surface area contributed by atoms with E-state index in [1.807, 2.05) is 37.3 Å². The van der Waals surface area contributed by atoms with E-state index in [4.69, 9.17) is 9.47 Å². The summed E-state index contributed by atoms with van der Waals surface area (Å²) in [5.41, 5.74) is 0.320. The first-order chi connectivity index (χ1) is 9.78. The molecule has 1 amide bonds. The van der Waals surface area contributed by atoms with Crippen molar-refractivity contribution in [3.05, 3.63) is 35.9 Å². The molecule has 1 aromatic carbocycles. The van der Waals surface area contributed by atoms with Crippen molar-refractivity contribution in [2.75, 3.05) is 0 Å². The summed E-state index contributed by atoms with van der Waals surface area (Å²) in [4.78, 5) is 23.8. The first kappa shape index (κ1) is 15.4. The highest BCUT2D eigenvalue weighted by Gasteiger charge is 2.43. The maximum Gasteiger partial charge on any atom is 0.408 e. The van der Waals surface area contributed by atoms with E-state index < -0.39 is 23.7 Å². The highest BCUT2D eigenvalue weighted by molar-refractivity contribution is 5.83. The van der Waals surface area contributed by atoms with Crippen molar-refractivity contribution in [2.24, 2.45) is 5.92 Å². The molecule has 5 heteroatoms. The predicted octanol–water partition coefficient (Wildman–Crippen LogP) is 2.81. The van der Waals surface area contributed by atoms with E-state index in [9.17, 15) is 9.59 Å². The van der Waals surface area contributed by atoms with E-state index >= 15 is 0 Å². The third-order valence-electron chi connectivity index (χ3n) is 3.30. The van der Waals surface area contributed by atoms with Gasteiger partial charge in [0.05, 0.1) is 0 Å². The van der Waals surface area contributed by atoms with Gasteiger partial charge in [0.25, 0.3) is 0 Å². The smallest absolute Gasteiger partial charge is 0.408 e. The van der Waals surface area contributed by atoms with Crippen molar-refractivity contribution in [1.82, 2.24) is 5.32 Å². The number of carbonyl (C=O) groups is 2. The Morgan fingerprint density at radius 3 is 2.43 bits per heavy atom. The highest BCUT2D eigenvalue weighted by Crippen LogP contribution is 2.35. The lowest BCUT2D eigenvalue weighted by atomic mass is 9.94. The number of hydrogen-bond donors (Lipinski definition) is 1. The molecule has 1 aromatic rings. The van der Waals surface area contributed by atoms with E-state index in [0.717, 1.165) is 5.56 Å². The van der Waals surface area contributed by atoms with Gasteiger partial charge in [-0.05, 0) is 26.3 Å². The van der Waals surface area contributed by atoms with Gasteiger partial charge in [-0.3, -0.25) is 0 Å². The average Bonchev–Trinajstić information content (AvgIpc) is 2.66. The van der Waals surface area contributed by atoms with Crippen LogP contribution in [0.3, 0.4) is 0 Å². The van der Waals surface area contributed by atoms with Crippen LogP contribution in [0.1, 0.15) is 39.4 Å². The lowest BCUT2D eigenvalue weighted by Crippen LogP contribution is -2.44. The molecule has 0 aliphatic carbocycles. The molecular weight excluding hydrogens is 270 g/mol. The van der Waals surface area contributed by atoms with Gasteiger partial charge < -0.3 is 14.8 Å². The molecule has 1 N–H and O–H groups in total. The quantitative estimate of drug-likeness (QED) is 0.851. The minimum absolute atomic E-state index is 0.160. The third kappa shape index (κ3) is 3.74. The van der Waals surface area contributed by atoms with Crippen LogP contribution in [0.5, 0.6) is 0 Å². The molecule has 0 bridgehead atoms. The zero-order valence-corrected chi connectivity index (χ0v) is 12.8. The maximum absolute atomic E-state index is 12.0. The number of esters is 1. The largest absolute Gasteiger partial charge is 0.456 e. The van der Waals surface area contributed by atoms with Gasteiger partial charge in [0.2, 0.25) is 0 Å². The van der Waals surface area contributed by atoms with E-state index in [-0.39, 0.29) is 12.0 Å². The van der Waals surface area contributed by atoms with Crippen LogP contribution in [0.15, 0.2) is 30.3 Å². The van der Waals surface area contributed by atoms with Crippen molar-refractivity contribution in [2.45, 2.75) is 45.4 Å². The van der Waals surface area contributed by atoms with Crippen LogP contribution >= 0.6 is 0 Å². The molecule has 5 nitrogen and oxygen atoms in total. The van der Waals surface area contributed by atoms with E-state index in [1.165, 1.54) is 0 Å². The van der Waals surface area contributed by atoms with Crippen LogP contribution < -0.4 is 5.32 Å². The van der Waals surface area contributed by atoms with Gasteiger partial charge in [0.15, 0.2) is 0 Å². The fraction of sp³-hybridized carbons (Fsp3) is 0.500. The first-order valence-corrected chi connectivity index (χ1v) is 7.03. The molecule has 21 heavy (non-hydrogen) atoms. The predicted molar refractivity (Wildman–Crippen MR) is 77.6 cm³/mol. The van der Waals surface area contributed by atoms with Crippen LogP contribution in [0.2, 0.25) is 0 Å². The fourth-order valence-corrected chi connectivity index (χ4v) is 2.33. The van der Waals surface area contributed by atoms with Gasteiger partial charge in [0, 0.05) is 5.92 Å². The Kier molecular flexibility index (Phi) is 4.21. The number of amides is 1. The molecule has 3 atom stereocenters. The Morgan fingerprint density at radius 2 is 1.86 bits per heavy atom. The van der Waals surface area contributed by atoms with E-state index in [0.29, 0.717) is 0 Å². The zero-order chi connectivity index (χ0) is 15.6. The number of rotatable bonds is 2. The molecule has 0 unspecified atom stereocenters. The molecule has 1 saturated heterocycles. The number of cyclic esters (lactones) is 1. The number of nitrogens with one attached hydrogen (secondary N) is 1. The molecule has 1 aliphatic heterocycles. The summed E-state index contributed by atoms with van der Waals surface area (Å²) >= 11 is 0. The Bertz CT molecular complexity index is 521. The van der Waals surface area contributed by atoms with Crippen LogP contribution in [0.4, 0.5) is 4.79 Å². The molecule has 0 saturated carbocycles. The summed E-state index contributed by atoms with van der Waals surface area (Å²) < 4.78 is 10.6. The second-order valence-corrected chi connectivity index (χ2v) is 6.25. The molecule has 114 valence electrons. The molecule has 0 aromatic heterocycles. The summed E-state index contributed by atoms with van der Waals surface area (Å²) in [5.74, 6) is -0.588. The minimum atomic E-state index is -0.690. The number of alkyl carbamates (subject to hydrolysis) is 1. The van der Waals surface area contributed by atoms with Crippen LogP contribution in [-0.2, 0) is 14.3 Å². The van der Waals surface area contributed by atoms with Crippen molar-refractivity contribution >= 4 is 12.1 Å². The Morgan fingerprint density at radius 1 is 1.24 bits per heavy atom. The summed E-state index contributed by atoms with van der Waals surface area (Å²) in [6, 6.07) is 8.82. The van der Waals surface area contributed by atoms with Crippen molar-refractivity contribution in [3.63, 3.8) is 0 Å². The standard InChI is InChI=1S/C16H21NO4/c1-10-12(17-15(19)21-16(2,3)4)14(18)20-13(10)11-8-6-5-7-9-11/h5-10,12-13H,1-4H3,(H,17,19)/t10-,12-,13+/m0/s1. The number of benzene rings is 1. The summed E-state index contributed by atoms with van der Waals surface area (Å²) in [6.45, 7) is 7.20. The Labute approximate surface area is 124 Å². The van der Waals surface area contributed by atoms with Gasteiger partial charge in [-0.1, -0.05) is 37.3 Å². The highest BCUT2D eigenvalue weighted by atomic mass is 16.6. The van der Waals surface area contributed by atoms with Crippen molar-refractivity contribution in [3.8, 4) is 0 Å². The normalized spacial score (nSPS) is 25.3. The number of carbonyl (C=O) groups excluding carboxylic acids is 2. The molecular formula is C16H21NO4. The van der Waals surface area contributed by atoms with Gasteiger partial charge >= 0.3 is 12.1 Å². The van der Waals surface area contributed by atoms with E-state index in [1.54, 1.807) is 20.8 Å². The molecule has 2 rings (SSSR count). The van der Waals surface area contributed by atoms with Gasteiger partial charge in [-0.2, -0.15) is 0 Å². The second kappa shape index (κ2) is 5.76. The van der Waals surface area contributed by atoms with Crippen LogP contribution in [-0.4, -0.2) is 23.7 Å². The van der Waals surface area contributed by atoms with E-state index in [2.05, 4.69) is 5.32 Å². The molecule has 1 aliphatic rings. The average molecular weight is 291 g/mol. The Balaban J connectivity index is 2.05. The molecule has 1 fully saturated rings. The minimum Gasteiger partial charge on any atom is -0.456 e. The SMILES string of the molecule is C[C@H]1[C@H](NC(=O)OC(C)(C)C)C(=O)O[C@H]1c1ccccc1. The first-order valence-electron chi connectivity index (χ1n) is 7.03. The summed E-state index contributed by atoms with van der Waals surface area (Å²) in [5, 5.41) is 2.60. The summed E-state index contributed by atoms with van der Waals surface area (Å²) in [7, 11) is 0. The monoisotopic (exact) mass is 291 g/mol. The lowest BCUT2D eigenvalue weighted by molar-refractivity contribution is -0.143. The number of ether oxygens (including phenoxy) is 2. The molecule has 0 radical (unpaired) electrons. The van der Waals surface area contributed by atoms with Gasteiger partial charge in [-0.15, -0.1) is 0 Å². The zero-order valence-electron chi connectivity index (χ0n) is 12.8. The van der Waals surface area contributed by atoms with Crippen LogP contribution in [0.25, 0.3) is 0 Å².